The highest BCUT2D eigenvalue weighted by atomic mass is 79.9. The van der Waals surface area contributed by atoms with Crippen LogP contribution in [0.5, 0.6) is 11.5 Å². The topological polar surface area (TPSA) is 80.4 Å². The zero-order valence-electron chi connectivity index (χ0n) is 15.3. The Balaban J connectivity index is 2.01. The molecule has 28 heavy (non-hydrogen) atoms. The standard InChI is InChI=1S/C21H17BrN2O4/c1-3-28-13-8-9-15-14(10-13)16(17-18(22)21(26)24-20(17)25)19(23-15)11-4-6-12(27-2)7-5-11/h4-10,23H,3H2,1-2H3,(H,24,25,26). The number of hydrogen-bond acceptors (Lipinski definition) is 4. The van der Waals surface area contributed by atoms with Crippen molar-refractivity contribution in [1.29, 1.82) is 0 Å². The fraction of sp³-hybridized carbons (Fsp3) is 0.143. The summed E-state index contributed by atoms with van der Waals surface area (Å²) in [5.74, 6) is 0.539. The summed E-state index contributed by atoms with van der Waals surface area (Å²) in [6, 6.07) is 13.1. The molecule has 1 aliphatic rings. The van der Waals surface area contributed by atoms with Crippen molar-refractivity contribution in [2.24, 2.45) is 0 Å². The van der Waals surface area contributed by atoms with Crippen LogP contribution in [-0.2, 0) is 9.59 Å². The van der Waals surface area contributed by atoms with Gasteiger partial charge in [-0.2, -0.15) is 0 Å². The largest absolute Gasteiger partial charge is 0.497 e. The Morgan fingerprint density at radius 2 is 1.71 bits per heavy atom. The third-order valence-corrected chi connectivity index (χ3v) is 5.34. The molecule has 0 atom stereocenters. The highest BCUT2D eigenvalue weighted by Gasteiger charge is 2.33. The predicted molar refractivity (Wildman–Crippen MR) is 110 cm³/mol. The SMILES string of the molecule is CCOc1ccc2[nH]c(-c3ccc(OC)cc3)c(C3=C(Br)C(=O)NC3=O)c2c1. The maximum atomic E-state index is 12.5. The molecule has 2 amide bonds. The first kappa shape index (κ1) is 18.3. The average Bonchev–Trinajstić information content (AvgIpc) is 3.18. The lowest BCUT2D eigenvalue weighted by atomic mass is 9.98. The van der Waals surface area contributed by atoms with E-state index < -0.39 is 11.8 Å². The number of rotatable bonds is 5. The number of ether oxygens (including phenoxy) is 2. The Labute approximate surface area is 169 Å². The maximum Gasteiger partial charge on any atom is 0.265 e. The number of methoxy groups -OCH3 is 1. The van der Waals surface area contributed by atoms with E-state index in [4.69, 9.17) is 9.47 Å². The predicted octanol–water partition coefficient (Wildman–Crippen LogP) is 4.00. The van der Waals surface area contributed by atoms with Gasteiger partial charge in [0.05, 0.1) is 29.5 Å². The van der Waals surface area contributed by atoms with E-state index in [1.54, 1.807) is 7.11 Å². The van der Waals surface area contributed by atoms with Gasteiger partial charge in [-0.25, -0.2) is 0 Å². The maximum absolute atomic E-state index is 12.5. The smallest absolute Gasteiger partial charge is 0.265 e. The van der Waals surface area contributed by atoms with Crippen LogP contribution in [0.3, 0.4) is 0 Å². The fourth-order valence-corrected chi connectivity index (χ4v) is 3.80. The molecule has 7 heteroatoms. The minimum absolute atomic E-state index is 0.218. The van der Waals surface area contributed by atoms with Gasteiger partial charge in [0.25, 0.3) is 11.8 Å². The quantitative estimate of drug-likeness (QED) is 0.587. The highest BCUT2D eigenvalue weighted by molar-refractivity contribution is 9.12. The molecular formula is C21H17BrN2O4. The number of imide groups is 1. The molecule has 0 unspecified atom stereocenters. The number of hydrogen-bond donors (Lipinski definition) is 2. The van der Waals surface area contributed by atoms with Gasteiger partial charge in [0, 0.05) is 16.5 Å². The number of H-pyrrole nitrogens is 1. The molecule has 1 aliphatic heterocycles. The Morgan fingerprint density at radius 3 is 2.32 bits per heavy atom. The first-order valence-electron chi connectivity index (χ1n) is 8.72. The summed E-state index contributed by atoms with van der Waals surface area (Å²) >= 11 is 3.28. The second kappa shape index (κ2) is 7.16. The number of benzene rings is 2. The summed E-state index contributed by atoms with van der Waals surface area (Å²) < 4.78 is 11.1. The van der Waals surface area contributed by atoms with Crippen molar-refractivity contribution in [2.75, 3.05) is 13.7 Å². The van der Waals surface area contributed by atoms with Gasteiger partial charge >= 0.3 is 0 Å². The van der Waals surface area contributed by atoms with Crippen molar-refractivity contribution in [3.8, 4) is 22.8 Å². The van der Waals surface area contributed by atoms with Crippen LogP contribution in [0.1, 0.15) is 12.5 Å². The van der Waals surface area contributed by atoms with E-state index in [2.05, 4.69) is 26.2 Å². The zero-order valence-corrected chi connectivity index (χ0v) is 16.8. The molecule has 0 saturated carbocycles. The average molecular weight is 441 g/mol. The normalized spacial score (nSPS) is 14.0. The molecule has 3 aromatic rings. The third kappa shape index (κ3) is 2.97. The lowest BCUT2D eigenvalue weighted by Gasteiger charge is -2.07. The number of carbonyl (C=O) groups is 2. The molecule has 0 saturated heterocycles. The molecule has 0 spiro atoms. The van der Waals surface area contributed by atoms with Crippen molar-refractivity contribution in [2.45, 2.75) is 6.92 Å². The summed E-state index contributed by atoms with van der Waals surface area (Å²) in [7, 11) is 1.61. The monoisotopic (exact) mass is 440 g/mol. The van der Waals surface area contributed by atoms with Crippen molar-refractivity contribution in [3.63, 3.8) is 0 Å². The van der Waals surface area contributed by atoms with Crippen molar-refractivity contribution < 1.29 is 19.1 Å². The molecule has 0 bridgehead atoms. The van der Waals surface area contributed by atoms with Gasteiger partial charge in [-0.15, -0.1) is 0 Å². The van der Waals surface area contributed by atoms with Gasteiger partial charge < -0.3 is 14.5 Å². The number of nitrogens with one attached hydrogen (secondary N) is 2. The van der Waals surface area contributed by atoms with Gasteiger partial charge in [-0.3, -0.25) is 14.9 Å². The van der Waals surface area contributed by atoms with E-state index in [0.29, 0.717) is 23.5 Å². The summed E-state index contributed by atoms with van der Waals surface area (Å²) in [5, 5.41) is 3.14. The van der Waals surface area contributed by atoms with Gasteiger partial charge in [-0.1, -0.05) is 0 Å². The number of carbonyl (C=O) groups excluding carboxylic acids is 2. The molecule has 1 aromatic heterocycles. The number of halogens is 1. The van der Waals surface area contributed by atoms with Crippen LogP contribution < -0.4 is 14.8 Å². The number of aromatic amines is 1. The van der Waals surface area contributed by atoms with Crippen molar-refractivity contribution in [1.82, 2.24) is 10.3 Å². The molecule has 142 valence electrons. The Morgan fingerprint density at radius 1 is 1.00 bits per heavy atom. The van der Waals surface area contributed by atoms with Crippen LogP contribution in [0.25, 0.3) is 27.7 Å². The summed E-state index contributed by atoms with van der Waals surface area (Å²) in [6.45, 7) is 2.44. The lowest BCUT2D eigenvalue weighted by Crippen LogP contribution is -2.22. The minimum atomic E-state index is -0.448. The Kier molecular flexibility index (Phi) is 4.68. The number of fused-ring (bicyclic) bond motifs is 1. The molecule has 2 N–H and O–H groups in total. The molecule has 6 nitrogen and oxygen atoms in total. The molecule has 0 fully saturated rings. The van der Waals surface area contributed by atoms with E-state index in [1.165, 1.54) is 0 Å². The third-order valence-electron chi connectivity index (χ3n) is 4.58. The van der Waals surface area contributed by atoms with E-state index in [0.717, 1.165) is 27.9 Å². The molecule has 0 radical (unpaired) electrons. The zero-order chi connectivity index (χ0) is 19.8. The number of aromatic nitrogens is 1. The molecule has 2 heterocycles. The van der Waals surface area contributed by atoms with E-state index in [-0.39, 0.29) is 4.48 Å². The molecule has 0 aliphatic carbocycles. The number of amides is 2. The highest BCUT2D eigenvalue weighted by Crippen LogP contribution is 2.41. The van der Waals surface area contributed by atoms with E-state index >= 15 is 0 Å². The van der Waals surface area contributed by atoms with Gasteiger partial charge in [0.2, 0.25) is 0 Å². The van der Waals surface area contributed by atoms with Crippen molar-refractivity contribution >= 4 is 44.2 Å². The first-order chi connectivity index (χ1) is 13.5. The lowest BCUT2D eigenvalue weighted by molar-refractivity contribution is -0.123. The van der Waals surface area contributed by atoms with E-state index in [1.807, 2.05) is 49.4 Å². The second-order valence-corrected chi connectivity index (χ2v) is 7.01. The summed E-state index contributed by atoms with van der Waals surface area (Å²) in [4.78, 5) is 28.0. The van der Waals surface area contributed by atoms with Crippen LogP contribution in [0, 0.1) is 0 Å². The minimum Gasteiger partial charge on any atom is -0.497 e. The van der Waals surface area contributed by atoms with Crippen LogP contribution in [-0.4, -0.2) is 30.5 Å². The molecule has 4 rings (SSSR count). The van der Waals surface area contributed by atoms with Gasteiger partial charge in [0.15, 0.2) is 0 Å². The first-order valence-corrected chi connectivity index (χ1v) is 9.51. The van der Waals surface area contributed by atoms with Crippen LogP contribution in [0.15, 0.2) is 46.9 Å². The van der Waals surface area contributed by atoms with Crippen LogP contribution in [0.2, 0.25) is 0 Å². The fourth-order valence-electron chi connectivity index (χ4n) is 3.32. The Hall–Kier alpha value is -3.06. The summed E-state index contributed by atoms with van der Waals surface area (Å²) in [6.07, 6.45) is 0. The molecule has 2 aromatic carbocycles. The molecular weight excluding hydrogens is 424 g/mol. The van der Waals surface area contributed by atoms with Crippen LogP contribution >= 0.6 is 15.9 Å². The van der Waals surface area contributed by atoms with Gasteiger partial charge in [-0.05, 0) is 70.9 Å². The Bertz CT molecular complexity index is 1130. The van der Waals surface area contributed by atoms with Gasteiger partial charge in [0.1, 0.15) is 11.5 Å². The summed E-state index contributed by atoms with van der Waals surface area (Å²) in [5.41, 5.74) is 3.39. The van der Waals surface area contributed by atoms with Crippen molar-refractivity contribution in [3.05, 3.63) is 52.5 Å². The van der Waals surface area contributed by atoms with E-state index in [9.17, 15) is 9.59 Å². The second-order valence-electron chi connectivity index (χ2n) is 6.22. The van der Waals surface area contributed by atoms with Crippen LogP contribution in [0.4, 0.5) is 0 Å².